The molecule has 7 heteroatoms. The molecule has 29 heavy (non-hydrogen) atoms. The lowest BCUT2D eigenvalue weighted by atomic mass is 10.2. The number of carbonyl (C=O) groups is 1. The largest absolute Gasteiger partial charge is 0.494 e. The van der Waals surface area contributed by atoms with E-state index in [0.717, 1.165) is 30.0 Å². The highest BCUT2D eigenvalue weighted by Gasteiger charge is 2.21. The van der Waals surface area contributed by atoms with E-state index in [1.807, 2.05) is 37.3 Å². The predicted octanol–water partition coefficient (Wildman–Crippen LogP) is 3.05. The molecule has 0 spiro atoms. The summed E-state index contributed by atoms with van der Waals surface area (Å²) in [6, 6.07) is 12.8. The highest BCUT2D eigenvalue weighted by Crippen LogP contribution is 2.19. The molecular weight excluding hydrogens is 373 g/mol. The molecule has 3 rings (SSSR count). The molecule has 1 fully saturated rings. The van der Waals surface area contributed by atoms with Crippen LogP contribution in [0.1, 0.15) is 11.1 Å². The molecule has 156 valence electrons. The van der Waals surface area contributed by atoms with E-state index in [-0.39, 0.29) is 17.6 Å². The third-order valence-electron chi connectivity index (χ3n) is 4.92. The zero-order chi connectivity index (χ0) is 20.6. The van der Waals surface area contributed by atoms with E-state index in [1.165, 1.54) is 13.2 Å². The minimum Gasteiger partial charge on any atom is -0.494 e. The molecule has 0 radical (unpaired) electrons. The van der Waals surface area contributed by atoms with E-state index in [9.17, 15) is 9.18 Å². The Bertz CT molecular complexity index is 823. The minimum absolute atomic E-state index is 0.0759. The van der Waals surface area contributed by atoms with Crippen LogP contribution in [0.15, 0.2) is 42.5 Å². The number of benzene rings is 2. The molecule has 0 bridgehead atoms. The maximum Gasteiger partial charge on any atom is 0.317 e. The Hall–Kier alpha value is -2.80. The Kier molecular flexibility index (Phi) is 7.30. The van der Waals surface area contributed by atoms with Gasteiger partial charge in [0.05, 0.1) is 13.7 Å². The second-order valence-electron chi connectivity index (χ2n) is 7.13. The second kappa shape index (κ2) is 10.1. The normalized spacial score (nSPS) is 14.5. The number of nitrogens with one attached hydrogen (secondary N) is 1. The second-order valence-corrected chi connectivity index (χ2v) is 7.13. The van der Waals surface area contributed by atoms with Crippen LogP contribution in [-0.2, 0) is 6.54 Å². The third-order valence-corrected chi connectivity index (χ3v) is 4.92. The molecule has 1 N–H and O–H groups in total. The van der Waals surface area contributed by atoms with Crippen molar-refractivity contribution in [3.8, 4) is 11.5 Å². The van der Waals surface area contributed by atoms with Gasteiger partial charge in [0.2, 0.25) is 0 Å². The summed E-state index contributed by atoms with van der Waals surface area (Å²) in [5.41, 5.74) is 2.04. The van der Waals surface area contributed by atoms with Gasteiger partial charge in [-0.3, -0.25) is 4.90 Å². The summed E-state index contributed by atoms with van der Waals surface area (Å²) in [4.78, 5) is 16.3. The van der Waals surface area contributed by atoms with E-state index in [4.69, 9.17) is 9.47 Å². The first kappa shape index (κ1) is 20.9. The Morgan fingerprint density at radius 2 is 1.93 bits per heavy atom. The van der Waals surface area contributed by atoms with Crippen molar-refractivity contribution in [3.05, 3.63) is 59.4 Å². The van der Waals surface area contributed by atoms with Gasteiger partial charge in [0.25, 0.3) is 0 Å². The van der Waals surface area contributed by atoms with Crippen LogP contribution in [0.5, 0.6) is 11.5 Å². The number of rotatable bonds is 7. The van der Waals surface area contributed by atoms with Crippen molar-refractivity contribution in [3.63, 3.8) is 0 Å². The first-order valence-corrected chi connectivity index (χ1v) is 9.82. The number of halogens is 1. The summed E-state index contributed by atoms with van der Waals surface area (Å²) in [7, 11) is 1.46. The highest BCUT2D eigenvalue weighted by molar-refractivity contribution is 5.74. The van der Waals surface area contributed by atoms with Crippen LogP contribution in [0.25, 0.3) is 0 Å². The summed E-state index contributed by atoms with van der Waals surface area (Å²) >= 11 is 0. The summed E-state index contributed by atoms with van der Waals surface area (Å²) < 4.78 is 24.4. The number of aryl methyl sites for hydroxylation is 1. The first-order chi connectivity index (χ1) is 14.0. The number of ether oxygens (including phenoxy) is 2. The number of hydrogen-bond donors (Lipinski definition) is 1. The van der Waals surface area contributed by atoms with Gasteiger partial charge < -0.3 is 19.7 Å². The van der Waals surface area contributed by atoms with Gasteiger partial charge in [-0.25, -0.2) is 9.18 Å². The van der Waals surface area contributed by atoms with Crippen LogP contribution in [-0.4, -0.2) is 62.3 Å². The van der Waals surface area contributed by atoms with Crippen LogP contribution in [0.2, 0.25) is 0 Å². The lowest BCUT2D eigenvalue weighted by molar-refractivity contribution is 0.134. The molecule has 0 atom stereocenters. The van der Waals surface area contributed by atoms with Gasteiger partial charge in [0.1, 0.15) is 12.4 Å². The summed E-state index contributed by atoms with van der Waals surface area (Å²) in [5.74, 6) is 0.709. The number of carbonyl (C=O) groups excluding carboxylic acids is 1. The maximum atomic E-state index is 13.8. The quantitative estimate of drug-likeness (QED) is 0.725. The van der Waals surface area contributed by atoms with E-state index in [2.05, 4.69) is 10.2 Å². The predicted molar refractivity (Wildman–Crippen MR) is 110 cm³/mol. The first-order valence-electron chi connectivity index (χ1n) is 9.82. The van der Waals surface area contributed by atoms with Crippen molar-refractivity contribution in [2.45, 2.75) is 13.5 Å². The molecule has 1 aliphatic heterocycles. The number of urea groups is 1. The molecule has 0 unspecified atom stereocenters. The molecule has 1 aliphatic rings. The Morgan fingerprint density at radius 3 is 2.62 bits per heavy atom. The van der Waals surface area contributed by atoms with Crippen molar-refractivity contribution in [2.75, 3.05) is 46.4 Å². The van der Waals surface area contributed by atoms with Crippen molar-refractivity contribution in [2.24, 2.45) is 0 Å². The van der Waals surface area contributed by atoms with E-state index in [1.54, 1.807) is 11.0 Å². The van der Waals surface area contributed by atoms with Crippen molar-refractivity contribution in [1.29, 1.82) is 0 Å². The molecule has 6 nitrogen and oxygen atoms in total. The lowest BCUT2D eigenvalue weighted by Crippen LogP contribution is -2.51. The van der Waals surface area contributed by atoms with E-state index >= 15 is 0 Å². The van der Waals surface area contributed by atoms with Crippen LogP contribution in [0.4, 0.5) is 9.18 Å². The van der Waals surface area contributed by atoms with Gasteiger partial charge in [-0.05, 0) is 42.3 Å². The summed E-state index contributed by atoms with van der Waals surface area (Å²) in [6.07, 6.45) is 0. The van der Waals surface area contributed by atoms with Crippen LogP contribution in [0, 0.1) is 12.7 Å². The Balaban J connectivity index is 1.36. The van der Waals surface area contributed by atoms with Crippen molar-refractivity contribution >= 4 is 6.03 Å². The Morgan fingerprint density at radius 1 is 1.14 bits per heavy atom. The molecule has 1 heterocycles. The maximum absolute atomic E-state index is 13.8. The standard InChI is InChI=1S/C22H28FN3O3/c1-17-4-3-5-19(14-17)29-13-8-24-22(27)26-11-9-25(10-12-26)16-18-6-7-21(28-2)20(23)15-18/h3-7,14-15H,8-13,16H2,1-2H3,(H,24,27). The molecule has 2 amide bonds. The number of amides is 2. The van der Waals surface area contributed by atoms with Crippen LogP contribution in [0.3, 0.4) is 0 Å². The third kappa shape index (κ3) is 6.09. The SMILES string of the molecule is COc1ccc(CN2CCN(C(=O)NCCOc3cccc(C)c3)CC2)cc1F. The number of hydrogen-bond acceptors (Lipinski definition) is 4. The van der Waals surface area contributed by atoms with Gasteiger partial charge in [-0.1, -0.05) is 18.2 Å². The molecule has 0 saturated carbocycles. The fraction of sp³-hybridized carbons (Fsp3) is 0.409. The topological polar surface area (TPSA) is 54.0 Å². The Labute approximate surface area is 171 Å². The zero-order valence-corrected chi connectivity index (χ0v) is 17.0. The molecular formula is C22H28FN3O3. The van der Waals surface area contributed by atoms with Crippen molar-refractivity contribution < 1.29 is 18.7 Å². The van der Waals surface area contributed by atoms with Crippen LogP contribution >= 0.6 is 0 Å². The zero-order valence-electron chi connectivity index (χ0n) is 17.0. The van der Waals surface area contributed by atoms with E-state index in [0.29, 0.717) is 32.8 Å². The molecule has 0 aromatic heterocycles. The fourth-order valence-corrected chi connectivity index (χ4v) is 3.32. The van der Waals surface area contributed by atoms with Crippen molar-refractivity contribution in [1.82, 2.24) is 15.1 Å². The average molecular weight is 401 g/mol. The van der Waals surface area contributed by atoms with Gasteiger partial charge in [-0.2, -0.15) is 0 Å². The summed E-state index contributed by atoms with van der Waals surface area (Å²) in [5, 5.41) is 2.90. The summed E-state index contributed by atoms with van der Waals surface area (Å²) in [6.45, 7) is 6.34. The lowest BCUT2D eigenvalue weighted by Gasteiger charge is -2.34. The highest BCUT2D eigenvalue weighted by atomic mass is 19.1. The number of nitrogens with zero attached hydrogens (tertiary/aromatic N) is 2. The molecule has 1 saturated heterocycles. The monoisotopic (exact) mass is 401 g/mol. The minimum atomic E-state index is -0.351. The molecule has 2 aromatic carbocycles. The molecule has 0 aliphatic carbocycles. The van der Waals surface area contributed by atoms with Gasteiger partial charge in [-0.15, -0.1) is 0 Å². The number of methoxy groups -OCH3 is 1. The van der Waals surface area contributed by atoms with Gasteiger partial charge >= 0.3 is 6.03 Å². The fourth-order valence-electron chi connectivity index (χ4n) is 3.32. The van der Waals surface area contributed by atoms with Gasteiger partial charge in [0.15, 0.2) is 11.6 Å². The van der Waals surface area contributed by atoms with E-state index < -0.39 is 0 Å². The smallest absolute Gasteiger partial charge is 0.317 e. The van der Waals surface area contributed by atoms with Gasteiger partial charge in [0, 0.05) is 32.7 Å². The average Bonchev–Trinajstić information content (AvgIpc) is 2.72. The van der Waals surface area contributed by atoms with Crippen LogP contribution < -0.4 is 14.8 Å². The molecule has 2 aromatic rings. The number of piperazine rings is 1.